The van der Waals surface area contributed by atoms with E-state index in [0.29, 0.717) is 0 Å². The molecule has 0 bridgehead atoms. The zero-order chi connectivity index (χ0) is 19.4. The molecule has 1 atom stereocenters. The number of rotatable bonds is 8. The SMILES string of the molecule is O=S(=O)(OCC1CCN(CCCc2c[nH]c3ccccc23)C1)c1ccccc1. The van der Waals surface area contributed by atoms with Crippen LogP contribution in [-0.4, -0.2) is 44.5 Å². The Balaban J connectivity index is 1.22. The Morgan fingerprint density at radius 3 is 2.71 bits per heavy atom. The predicted molar refractivity (Wildman–Crippen MR) is 111 cm³/mol. The molecular formula is C22H26N2O3S. The molecule has 0 saturated carbocycles. The summed E-state index contributed by atoms with van der Waals surface area (Å²) in [6.45, 7) is 3.20. The Kier molecular flexibility index (Phi) is 5.80. The summed E-state index contributed by atoms with van der Waals surface area (Å²) in [6, 6.07) is 16.8. The minimum Gasteiger partial charge on any atom is -0.361 e. The molecule has 0 spiro atoms. The van der Waals surface area contributed by atoms with Crippen LogP contribution in [0.4, 0.5) is 0 Å². The normalized spacial score (nSPS) is 18.1. The number of aryl methyl sites for hydroxylation is 1. The number of aromatic nitrogens is 1. The van der Waals surface area contributed by atoms with Crippen LogP contribution >= 0.6 is 0 Å². The second-order valence-corrected chi connectivity index (χ2v) is 9.09. The van der Waals surface area contributed by atoms with Gasteiger partial charge in [0.2, 0.25) is 0 Å². The highest BCUT2D eigenvalue weighted by Crippen LogP contribution is 2.22. The summed E-state index contributed by atoms with van der Waals surface area (Å²) in [5.74, 6) is 0.270. The first-order chi connectivity index (χ1) is 13.6. The number of H-pyrrole nitrogens is 1. The third-order valence-electron chi connectivity index (χ3n) is 5.46. The lowest BCUT2D eigenvalue weighted by molar-refractivity contribution is 0.244. The van der Waals surface area contributed by atoms with Crippen LogP contribution in [0.15, 0.2) is 65.7 Å². The Labute approximate surface area is 166 Å². The minimum absolute atomic E-state index is 0.226. The number of likely N-dealkylation sites (tertiary alicyclic amines) is 1. The fraction of sp³-hybridized carbons (Fsp3) is 0.364. The van der Waals surface area contributed by atoms with Crippen molar-refractivity contribution in [1.29, 1.82) is 0 Å². The Hall–Kier alpha value is -2.15. The van der Waals surface area contributed by atoms with Gasteiger partial charge < -0.3 is 9.88 Å². The second kappa shape index (κ2) is 8.47. The number of para-hydroxylation sites is 1. The largest absolute Gasteiger partial charge is 0.361 e. The van der Waals surface area contributed by atoms with Crippen molar-refractivity contribution >= 4 is 21.0 Å². The van der Waals surface area contributed by atoms with Gasteiger partial charge in [-0.3, -0.25) is 4.18 Å². The zero-order valence-corrected chi connectivity index (χ0v) is 16.7. The molecule has 5 nitrogen and oxygen atoms in total. The molecule has 2 heterocycles. The highest BCUT2D eigenvalue weighted by Gasteiger charge is 2.25. The molecule has 0 aliphatic carbocycles. The van der Waals surface area contributed by atoms with Gasteiger partial charge in [-0.05, 0) is 62.0 Å². The van der Waals surface area contributed by atoms with E-state index in [-0.39, 0.29) is 17.4 Å². The summed E-state index contributed by atoms with van der Waals surface area (Å²) < 4.78 is 29.8. The maximum Gasteiger partial charge on any atom is 0.296 e. The molecule has 1 N–H and O–H groups in total. The zero-order valence-electron chi connectivity index (χ0n) is 15.9. The lowest BCUT2D eigenvalue weighted by atomic mass is 10.1. The highest BCUT2D eigenvalue weighted by atomic mass is 32.2. The van der Waals surface area contributed by atoms with Gasteiger partial charge in [0.25, 0.3) is 10.1 Å². The maximum atomic E-state index is 12.2. The van der Waals surface area contributed by atoms with Gasteiger partial charge in [-0.1, -0.05) is 36.4 Å². The summed E-state index contributed by atoms with van der Waals surface area (Å²) in [6.07, 6.45) is 5.24. The fourth-order valence-electron chi connectivity index (χ4n) is 3.92. The van der Waals surface area contributed by atoms with E-state index in [9.17, 15) is 8.42 Å². The number of nitrogens with zero attached hydrogens (tertiary/aromatic N) is 1. The smallest absolute Gasteiger partial charge is 0.296 e. The molecule has 1 aromatic heterocycles. The standard InChI is InChI=1S/C22H26N2O3S/c25-28(26,20-8-2-1-3-9-20)27-17-18-12-14-24(16-18)13-6-7-19-15-23-22-11-5-4-10-21(19)22/h1-5,8-11,15,18,23H,6-7,12-14,16-17H2. The van der Waals surface area contributed by atoms with E-state index in [4.69, 9.17) is 4.18 Å². The van der Waals surface area contributed by atoms with Crippen molar-refractivity contribution in [3.05, 3.63) is 66.4 Å². The average molecular weight is 399 g/mol. The van der Waals surface area contributed by atoms with E-state index in [2.05, 4.69) is 34.3 Å². The first kappa shape index (κ1) is 19.2. The van der Waals surface area contributed by atoms with Crippen LogP contribution in [0.25, 0.3) is 10.9 Å². The van der Waals surface area contributed by atoms with E-state index >= 15 is 0 Å². The van der Waals surface area contributed by atoms with E-state index in [1.165, 1.54) is 16.5 Å². The van der Waals surface area contributed by atoms with Crippen molar-refractivity contribution in [2.24, 2.45) is 5.92 Å². The van der Waals surface area contributed by atoms with Crippen LogP contribution < -0.4 is 0 Å². The number of hydrogen-bond acceptors (Lipinski definition) is 4. The van der Waals surface area contributed by atoms with Gasteiger partial charge >= 0.3 is 0 Å². The number of aromatic amines is 1. The topological polar surface area (TPSA) is 62.4 Å². The molecule has 0 amide bonds. The van der Waals surface area contributed by atoms with Crippen molar-refractivity contribution < 1.29 is 12.6 Å². The maximum absolute atomic E-state index is 12.2. The van der Waals surface area contributed by atoms with Crippen molar-refractivity contribution in [2.45, 2.75) is 24.2 Å². The van der Waals surface area contributed by atoms with Crippen molar-refractivity contribution in [2.75, 3.05) is 26.2 Å². The first-order valence-electron chi connectivity index (χ1n) is 9.84. The highest BCUT2D eigenvalue weighted by molar-refractivity contribution is 7.86. The Morgan fingerprint density at radius 2 is 1.86 bits per heavy atom. The monoisotopic (exact) mass is 398 g/mol. The molecule has 4 rings (SSSR count). The van der Waals surface area contributed by atoms with Crippen LogP contribution in [0.3, 0.4) is 0 Å². The molecule has 148 valence electrons. The number of fused-ring (bicyclic) bond motifs is 1. The first-order valence-corrected chi connectivity index (χ1v) is 11.2. The van der Waals surface area contributed by atoms with E-state index in [1.807, 2.05) is 6.07 Å². The van der Waals surface area contributed by atoms with Gasteiger partial charge in [-0.2, -0.15) is 8.42 Å². The van der Waals surface area contributed by atoms with Crippen LogP contribution in [-0.2, 0) is 20.7 Å². The second-order valence-electron chi connectivity index (χ2n) is 7.47. The minimum atomic E-state index is -3.65. The molecule has 1 aliphatic heterocycles. The molecule has 6 heteroatoms. The summed E-state index contributed by atoms with van der Waals surface area (Å²) in [4.78, 5) is 5.97. The summed E-state index contributed by atoms with van der Waals surface area (Å²) in [7, 11) is -3.65. The van der Waals surface area contributed by atoms with Gasteiger partial charge in [0.1, 0.15) is 0 Å². The lowest BCUT2D eigenvalue weighted by Crippen LogP contribution is -2.24. The average Bonchev–Trinajstić information content (AvgIpc) is 3.35. The van der Waals surface area contributed by atoms with Gasteiger partial charge in [-0.25, -0.2) is 0 Å². The molecule has 1 saturated heterocycles. The van der Waals surface area contributed by atoms with Gasteiger partial charge in [-0.15, -0.1) is 0 Å². The third-order valence-corrected chi connectivity index (χ3v) is 6.75. The predicted octanol–water partition coefficient (Wildman–Crippen LogP) is 3.83. The van der Waals surface area contributed by atoms with Crippen LogP contribution in [0, 0.1) is 5.92 Å². The van der Waals surface area contributed by atoms with E-state index < -0.39 is 10.1 Å². The molecule has 1 fully saturated rings. The molecule has 0 radical (unpaired) electrons. The summed E-state index contributed by atoms with van der Waals surface area (Å²) >= 11 is 0. The van der Waals surface area contributed by atoms with E-state index in [1.54, 1.807) is 30.3 Å². The van der Waals surface area contributed by atoms with Gasteiger partial charge in [0, 0.05) is 23.6 Å². The van der Waals surface area contributed by atoms with Crippen molar-refractivity contribution in [3.8, 4) is 0 Å². The molecule has 1 unspecified atom stereocenters. The quantitative estimate of drug-likeness (QED) is 0.586. The number of benzene rings is 2. The lowest BCUT2D eigenvalue weighted by Gasteiger charge is -2.16. The van der Waals surface area contributed by atoms with Crippen LogP contribution in [0.1, 0.15) is 18.4 Å². The number of hydrogen-bond donors (Lipinski definition) is 1. The molecule has 3 aromatic rings. The van der Waals surface area contributed by atoms with Crippen molar-refractivity contribution in [1.82, 2.24) is 9.88 Å². The number of nitrogens with one attached hydrogen (secondary N) is 1. The fourth-order valence-corrected chi connectivity index (χ4v) is 4.92. The Bertz CT molecular complexity index is 1010. The van der Waals surface area contributed by atoms with Crippen LogP contribution in [0.5, 0.6) is 0 Å². The Morgan fingerprint density at radius 1 is 1.07 bits per heavy atom. The van der Waals surface area contributed by atoms with Crippen LogP contribution in [0.2, 0.25) is 0 Å². The van der Waals surface area contributed by atoms with Gasteiger partial charge in [0.05, 0.1) is 11.5 Å². The molecular weight excluding hydrogens is 372 g/mol. The van der Waals surface area contributed by atoms with Gasteiger partial charge in [0.15, 0.2) is 0 Å². The summed E-state index contributed by atoms with van der Waals surface area (Å²) in [5, 5.41) is 1.31. The molecule has 28 heavy (non-hydrogen) atoms. The van der Waals surface area contributed by atoms with E-state index in [0.717, 1.165) is 38.9 Å². The summed E-state index contributed by atoms with van der Waals surface area (Å²) in [5.41, 5.74) is 2.55. The van der Waals surface area contributed by atoms with Crippen molar-refractivity contribution in [3.63, 3.8) is 0 Å². The third kappa shape index (κ3) is 4.46. The molecule has 1 aliphatic rings. The molecule has 2 aromatic carbocycles.